The van der Waals surface area contributed by atoms with Crippen LogP contribution in [0.4, 0.5) is 5.69 Å². The number of benzene rings is 2. The molecule has 1 aliphatic heterocycles. The van der Waals surface area contributed by atoms with Gasteiger partial charge in [-0.1, -0.05) is 30.3 Å². The molecule has 0 amide bonds. The topological polar surface area (TPSA) is 24.3 Å². The minimum absolute atomic E-state index is 0. The summed E-state index contributed by atoms with van der Waals surface area (Å²) in [4.78, 5) is 4.36. The number of rotatable bonds is 4. The van der Waals surface area contributed by atoms with Crippen molar-refractivity contribution in [3.05, 3.63) is 79.0 Å². The van der Waals surface area contributed by atoms with Crippen molar-refractivity contribution in [3.63, 3.8) is 0 Å². The summed E-state index contributed by atoms with van der Waals surface area (Å²) in [6, 6.07) is 17.1. The summed E-state index contributed by atoms with van der Waals surface area (Å²) in [6.07, 6.45) is 4.21. The Balaban J connectivity index is 0.00000121. The molecule has 0 saturated heterocycles. The minimum atomic E-state index is 0. The van der Waals surface area contributed by atoms with Gasteiger partial charge in [0.25, 0.3) is 0 Å². The molecule has 0 N–H and O–H groups in total. The Labute approximate surface area is 176 Å². The fourth-order valence-corrected chi connectivity index (χ4v) is 3.13. The summed E-state index contributed by atoms with van der Waals surface area (Å²) < 4.78 is 2.07. The molecule has 0 atom stereocenters. The zero-order valence-corrected chi connectivity index (χ0v) is 17.0. The number of aryl methyl sites for hydroxylation is 2. The first-order chi connectivity index (χ1) is 11.7. The Bertz CT molecular complexity index is 906. The molecule has 6 heteroatoms. The van der Waals surface area contributed by atoms with Crippen LogP contribution in [-0.4, -0.2) is 21.2 Å². The van der Waals surface area contributed by atoms with Gasteiger partial charge < -0.3 is 22.2 Å². The van der Waals surface area contributed by atoms with E-state index in [4.69, 9.17) is 0 Å². The Morgan fingerprint density at radius 3 is 2.38 bits per heavy atom. The minimum Gasteiger partial charge on any atom is -1.00 e. The first kappa shape index (κ1) is 20.6. The van der Waals surface area contributed by atoms with Gasteiger partial charge in [-0.2, -0.15) is 5.10 Å². The Kier molecular flexibility index (Phi) is 6.95. The van der Waals surface area contributed by atoms with E-state index in [1.54, 1.807) is 0 Å². The maximum absolute atomic E-state index is 4.52. The van der Waals surface area contributed by atoms with Gasteiger partial charge in [0.2, 0.25) is 0 Å². The first-order valence-electron chi connectivity index (χ1n) is 8.26. The van der Waals surface area contributed by atoms with E-state index in [-0.39, 0.29) is 34.8 Å². The van der Waals surface area contributed by atoms with Crippen LogP contribution in [0.25, 0.3) is 10.8 Å². The zero-order valence-electron chi connectivity index (χ0n) is 14.7. The van der Waals surface area contributed by atoms with Gasteiger partial charge in [-0.15, -0.1) is 0 Å². The molecule has 4 rings (SSSR count). The van der Waals surface area contributed by atoms with E-state index in [9.17, 15) is 0 Å². The molecule has 1 aliphatic rings. The van der Waals surface area contributed by atoms with E-state index < -0.39 is 0 Å². The van der Waals surface area contributed by atoms with Gasteiger partial charge in [-0.3, -0.25) is 4.68 Å². The van der Waals surface area contributed by atoms with Crippen molar-refractivity contribution in [2.45, 2.75) is 20.4 Å². The number of aromatic nitrogens is 2. The van der Waals surface area contributed by atoms with Crippen molar-refractivity contribution < 1.29 is 34.8 Å². The van der Waals surface area contributed by atoms with Crippen LogP contribution in [0.15, 0.2) is 60.9 Å². The molecule has 2 aromatic carbocycles. The van der Waals surface area contributed by atoms with Gasteiger partial charge >= 0.3 is 22.4 Å². The van der Waals surface area contributed by atoms with Gasteiger partial charge in [0, 0.05) is 30.3 Å². The second-order valence-corrected chi connectivity index (χ2v) is 6.24. The SMILES string of the molecule is Cc1cc(C)n(CCN2[CH]N(c3ccc4ccccc4c3)C=C2)n1.[Ag+].[Cl-]. The molecule has 0 saturated carbocycles. The van der Waals surface area contributed by atoms with E-state index in [1.807, 2.05) is 6.92 Å². The number of anilines is 1. The molecule has 26 heavy (non-hydrogen) atoms. The summed E-state index contributed by atoms with van der Waals surface area (Å²) in [7, 11) is 0. The summed E-state index contributed by atoms with van der Waals surface area (Å²) in [5.41, 5.74) is 3.46. The van der Waals surface area contributed by atoms with Crippen molar-refractivity contribution in [3.8, 4) is 0 Å². The number of hydrogen-bond donors (Lipinski definition) is 0. The van der Waals surface area contributed by atoms with Crippen LogP contribution < -0.4 is 17.3 Å². The predicted molar refractivity (Wildman–Crippen MR) is 98.3 cm³/mol. The van der Waals surface area contributed by atoms with E-state index in [1.165, 1.54) is 22.2 Å². The van der Waals surface area contributed by atoms with E-state index in [0.29, 0.717) is 0 Å². The van der Waals surface area contributed by atoms with Crippen LogP contribution in [0.1, 0.15) is 11.4 Å². The summed E-state index contributed by atoms with van der Waals surface area (Å²) in [6.45, 7) is 8.06. The third-order valence-electron chi connectivity index (χ3n) is 4.40. The molecule has 2 heterocycles. The molecule has 0 aliphatic carbocycles. The average Bonchev–Trinajstić information content (AvgIpc) is 3.18. The fraction of sp³-hybridized carbons (Fsp3) is 0.200. The van der Waals surface area contributed by atoms with Crippen LogP contribution in [0.5, 0.6) is 0 Å². The smallest absolute Gasteiger partial charge is 1.00 e. The Morgan fingerprint density at radius 1 is 0.885 bits per heavy atom. The Morgan fingerprint density at radius 2 is 1.65 bits per heavy atom. The van der Waals surface area contributed by atoms with Crippen molar-refractivity contribution >= 4 is 16.5 Å². The van der Waals surface area contributed by atoms with Crippen molar-refractivity contribution in [1.82, 2.24) is 14.7 Å². The maximum Gasteiger partial charge on any atom is 1.00 e. The Hall–Kier alpha value is -1.72. The van der Waals surface area contributed by atoms with Gasteiger partial charge in [-0.25, -0.2) is 0 Å². The number of nitrogens with zero attached hydrogens (tertiary/aromatic N) is 4. The molecule has 4 nitrogen and oxygen atoms in total. The third kappa shape index (κ3) is 4.33. The van der Waals surface area contributed by atoms with Crippen LogP contribution in [0.3, 0.4) is 0 Å². The first-order valence-corrected chi connectivity index (χ1v) is 8.26. The van der Waals surface area contributed by atoms with Gasteiger partial charge in [-0.05, 0) is 42.8 Å². The number of halogens is 1. The summed E-state index contributed by atoms with van der Waals surface area (Å²) in [5.74, 6) is 0. The van der Waals surface area contributed by atoms with Crippen molar-refractivity contribution in [2.75, 3.05) is 11.4 Å². The number of fused-ring (bicyclic) bond motifs is 1. The molecule has 139 valence electrons. The largest absolute Gasteiger partial charge is 1.00 e. The standard InChI is InChI=1S/C20H21N4.Ag.ClH/c1-16-13-17(2)24(21-16)12-10-22-9-11-23(15-22)20-8-7-18-5-3-4-6-19(18)14-20;;/h3-9,11,13-15H,10,12H2,1-2H3;;1H/q;+1;/p-1. The summed E-state index contributed by atoms with van der Waals surface area (Å²) in [5, 5.41) is 7.05. The van der Waals surface area contributed by atoms with E-state index in [2.05, 4.69) is 94.1 Å². The molecular formula is C20H21AgClN4. The van der Waals surface area contributed by atoms with Gasteiger partial charge in [0.15, 0.2) is 0 Å². The quantitative estimate of drug-likeness (QED) is 0.545. The molecule has 1 aromatic heterocycles. The second kappa shape index (κ2) is 8.78. The van der Waals surface area contributed by atoms with Crippen LogP contribution in [0.2, 0.25) is 0 Å². The van der Waals surface area contributed by atoms with Crippen LogP contribution in [0, 0.1) is 20.5 Å². The normalized spacial score (nSPS) is 13.0. The third-order valence-corrected chi connectivity index (χ3v) is 4.40. The van der Waals surface area contributed by atoms with Crippen molar-refractivity contribution in [2.24, 2.45) is 0 Å². The van der Waals surface area contributed by atoms with Crippen molar-refractivity contribution in [1.29, 1.82) is 0 Å². The predicted octanol–water partition coefficient (Wildman–Crippen LogP) is 1.07. The average molecular weight is 461 g/mol. The molecule has 0 unspecified atom stereocenters. The maximum atomic E-state index is 4.52. The number of hydrogen-bond acceptors (Lipinski definition) is 3. The van der Waals surface area contributed by atoms with Gasteiger partial charge in [0.1, 0.15) is 6.67 Å². The van der Waals surface area contributed by atoms with E-state index in [0.717, 1.165) is 18.8 Å². The second-order valence-electron chi connectivity index (χ2n) is 6.24. The monoisotopic (exact) mass is 459 g/mol. The molecule has 3 aromatic rings. The fourth-order valence-electron chi connectivity index (χ4n) is 3.13. The molecule has 0 fully saturated rings. The molecular weight excluding hydrogens is 440 g/mol. The zero-order chi connectivity index (χ0) is 16.5. The summed E-state index contributed by atoms with van der Waals surface area (Å²) >= 11 is 0. The van der Waals surface area contributed by atoms with Gasteiger partial charge in [0.05, 0.1) is 12.2 Å². The molecule has 0 bridgehead atoms. The molecule has 0 spiro atoms. The van der Waals surface area contributed by atoms with E-state index >= 15 is 0 Å². The van der Waals surface area contributed by atoms with Crippen LogP contribution >= 0.6 is 0 Å². The molecule has 1 radical (unpaired) electrons. The van der Waals surface area contributed by atoms with Crippen LogP contribution in [-0.2, 0) is 28.9 Å².